The Morgan fingerprint density at radius 1 is 1.53 bits per heavy atom. The number of hydrogen-bond donors (Lipinski definition) is 2. The van der Waals surface area contributed by atoms with Gasteiger partial charge in [-0.3, -0.25) is 0 Å². The molecule has 0 bridgehead atoms. The Labute approximate surface area is 122 Å². The molecule has 1 heterocycles. The van der Waals surface area contributed by atoms with Gasteiger partial charge in [0.2, 0.25) is 0 Å². The fourth-order valence-electron chi connectivity index (χ4n) is 2.70. The van der Waals surface area contributed by atoms with Crippen LogP contribution in [0.1, 0.15) is 38.2 Å². The van der Waals surface area contributed by atoms with E-state index in [0.29, 0.717) is 6.04 Å². The first-order valence-electron chi connectivity index (χ1n) is 6.71. The summed E-state index contributed by atoms with van der Waals surface area (Å²) in [5.74, 6) is 0.137. The molecular weight excluding hydrogens is 306 g/mol. The number of amidine groups is 1. The van der Waals surface area contributed by atoms with E-state index in [0.717, 1.165) is 23.0 Å². The third-order valence-electron chi connectivity index (χ3n) is 3.76. The minimum Gasteiger partial charge on any atom is -0.409 e. The van der Waals surface area contributed by atoms with Gasteiger partial charge >= 0.3 is 0 Å². The standard InChI is InChI=1S/C14H20BrN3O/c1-2-11-5-3-4-8-18(11)13-7-6-10(9-12(13)15)14(16)17-19/h6-7,9,11,19H,2-5,8H2,1H3,(H2,16,17). The largest absolute Gasteiger partial charge is 0.409 e. The molecule has 0 amide bonds. The van der Waals surface area contributed by atoms with E-state index in [1.54, 1.807) is 0 Å². The number of nitrogens with two attached hydrogens (primary N) is 1. The lowest BCUT2D eigenvalue weighted by molar-refractivity contribution is 0.318. The molecule has 3 N–H and O–H groups in total. The molecule has 1 atom stereocenters. The molecule has 104 valence electrons. The molecule has 1 aliphatic rings. The summed E-state index contributed by atoms with van der Waals surface area (Å²) in [6, 6.07) is 6.47. The van der Waals surface area contributed by atoms with Gasteiger partial charge in [0.25, 0.3) is 0 Å². The lowest BCUT2D eigenvalue weighted by atomic mass is 9.99. The van der Waals surface area contributed by atoms with Gasteiger partial charge in [-0.2, -0.15) is 0 Å². The van der Waals surface area contributed by atoms with Crippen LogP contribution in [-0.4, -0.2) is 23.6 Å². The molecule has 1 fully saturated rings. The van der Waals surface area contributed by atoms with Gasteiger partial charge in [0, 0.05) is 22.6 Å². The van der Waals surface area contributed by atoms with E-state index in [4.69, 9.17) is 10.9 Å². The Morgan fingerprint density at radius 3 is 2.95 bits per heavy atom. The highest BCUT2D eigenvalue weighted by molar-refractivity contribution is 9.10. The zero-order valence-electron chi connectivity index (χ0n) is 11.1. The minimum absolute atomic E-state index is 0.137. The van der Waals surface area contributed by atoms with Crippen molar-refractivity contribution in [3.63, 3.8) is 0 Å². The van der Waals surface area contributed by atoms with E-state index >= 15 is 0 Å². The zero-order valence-corrected chi connectivity index (χ0v) is 12.7. The minimum atomic E-state index is 0.137. The highest BCUT2D eigenvalue weighted by atomic mass is 79.9. The Kier molecular flexibility index (Phi) is 4.69. The summed E-state index contributed by atoms with van der Waals surface area (Å²) in [6.07, 6.45) is 4.97. The number of rotatable bonds is 3. The van der Waals surface area contributed by atoms with Crippen LogP contribution in [0.25, 0.3) is 0 Å². The van der Waals surface area contributed by atoms with Crippen molar-refractivity contribution in [2.75, 3.05) is 11.4 Å². The van der Waals surface area contributed by atoms with Crippen LogP contribution in [0.15, 0.2) is 27.8 Å². The summed E-state index contributed by atoms with van der Waals surface area (Å²) in [7, 11) is 0. The molecule has 2 rings (SSSR count). The second-order valence-electron chi connectivity index (χ2n) is 4.90. The second kappa shape index (κ2) is 6.28. The summed E-state index contributed by atoms with van der Waals surface area (Å²) in [5, 5.41) is 11.7. The van der Waals surface area contributed by atoms with Crippen LogP contribution in [0.2, 0.25) is 0 Å². The average molecular weight is 326 g/mol. The first-order chi connectivity index (χ1) is 9.17. The summed E-state index contributed by atoms with van der Waals surface area (Å²) in [4.78, 5) is 2.46. The third kappa shape index (κ3) is 3.03. The molecule has 5 heteroatoms. The van der Waals surface area contributed by atoms with Crippen molar-refractivity contribution in [3.05, 3.63) is 28.2 Å². The van der Waals surface area contributed by atoms with Crippen molar-refractivity contribution in [3.8, 4) is 0 Å². The summed E-state index contributed by atoms with van der Waals surface area (Å²) in [5.41, 5.74) is 7.53. The lowest BCUT2D eigenvalue weighted by Crippen LogP contribution is -2.39. The fraction of sp³-hybridized carbons (Fsp3) is 0.500. The zero-order chi connectivity index (χ0) is 13.8. The molecule has 19 heavy (non-hydrogen) atoms. The molecule has 0 aromatic heterocycles. The average Bonchev–Trinajstić information content (AvgIpc) is 2.46. The molecule has 4 nitrogen and oxygen atoms in total. The number of anilines is 1. The summed E-state index contributed by atoms with van der Waals surface area (Å²) >= 11 is 3.60. The molecule has 1 saturated heterocycles. The van der Waals surface area contributed by atoms with Crippen LogP contribution in [0.5, 0.6) is 0 Å². The highest BCUT2D eigenvalue weighted by Crippen LogP contribution is 2.33. The van der Waals surface area contributed by atoms with Crippen LogP contribution in [0.3, 0.4) is 0 Å². The van der Waals surface area contributed by atoms with E-state index in [-0.39, 0.29) is 5.84 Å². The number of oxime groups is 1. The lowest BCUT2D eigenvalue weighted by Gasteiger charge is -2.37. The first-order valence-corrected chi connectivity index (χ1v) is 7.50. The van der Waals surface area contributed by atoms with Gasteiger partial charge < -0.3 is 15.8 Å². The van der Waals surface area contributed by atoms with Crippen molar-refractivity contribution >= 4 is 27.5 Å². The molecule has 0 radical (unpaired) electrons. The molecule has 0 aliphatic carbocycles. The third-order valence-corrected chi connectivity index (χ3v) is 4.39. The van der Waals surface area contributed by atoms with Gasteiger partial charge in [-0.1, -0.05) is 12.1 Å². The van der Waals surface area contributed by atoms with Crippen LogP contribution in [0, 0.1) is 0 Å². The van der Waals surface area contributed by atoms with E-state index in [1.165, 1.54) is 24.9 Å². The quantitative estimate of drug-likeness (QED) is 0.388. The Hall–Kier alpha value is -1.23. The predicted molar refractivity (Wildman–Crippen MR) is 81.9 cm³/mol. The van der Waals surface area contributed by atoms with Gasteiger partial charge in [-0.15, -0.1) is 0 Å². The van der Waals surface area contributed by atoms with Crippen molar-refractivity contribution < 1.29 is 5.21 Å². The van der Waals surface area contributed by atoms with E-state index in [2.05, 4.69) is 32.9 Å². The van der Waals surface area contributed by atoms with Crippen molar-refractivity contribution in [1.29, 1.82) is 0 Å². The summed E-state index contributed by atoms with van der Waals surface area (Å²) in [6.45, 7) is 3.34. The number of piperidine rings is 1. The fourth-order valence-corrected chi connectivity index (χ4v) is 3.31. The predicted octanol–water partition coefficient (Wildman–Crippen LogP) is 3.31. The molecule has 1 aliphatic heterocycles. The van der Waals surface area contributed by atoms with Gasteiger partial charge in [-0.25, -0.2) is 0 Å². The van der Waals surface area contributed by atoms with Crippen molar-refractivity contribution in [2.45, 2.75) is 38.6 Å². The van der Waals surface area contributed by atoms with Crippen molar-refractivity contribution in [2.24, 2.45) is 10.9 Å². The number of hydrogen-bond acceptors (Lipinski definition) is 3. The topological polar surface area (TPSA) is 61.8 Å². The summed E-state index contributed by atoms with van der Waals surface area (Å²) < 4.78 is 0.997. The maximum Gasteiger partial charge on any atom is 0.170 e. The van der Waals surface area contributed by atoms with E-state index < -0.39 is 0 Å². The highest BCUT2D eigenvalue weighted by Gasteiger charge is 2.22. The molecular formula is C14H20BrN3O. The maximum atomic E-state index is 8.71. The van der Waals surface area contributed by atoms with Gasteiger partial charge in [0.1, 0.15) is 0 Å². The Bertz CT molecular complexity index is 476. The molecule has 0 saturated carbocycles. The van der Waals surface area contributed by atoms with Crippen molar-refractivity contribution in [1.82, 2.24) is 0 Å². The van der Waals surface area contributed by atoms with Crippen LogP contribution < -0.4 is 10.6 Å². The van der Waals surface area contributed by atoms with Crippen LogP contribution in [0.4, 0.5) is 5.69 Å². The van der Waals surface area contributed by atoms with Gasteiger partial charge in [-0.05, 0) is 59.8 Å². The number of halogens is 1. The van der Waals surface area contributed by atoms with E-state index in [1.807, 2.05) is 18.2 Å². The molecule has 1 aromatic carbocycles. The number of nitrogens with zero attached hydrogens (tertiary/aromatic N) is 2. The van der Waals surface area contributed by atoms with Gasteiger partial charge in [0.05, 0.1) is 5.69 Å². The molecule has 1 aromatic rings. The van der Waals surface area contributed by atoms with Gasteiger partial charge in [0.15, 0.2) is 5.84 Å². The smallest absolute Gasteiger partial charge is 0.170 e. The maximum absolute atomic E-state index is 8.71. The Morgan fingerprint density at radius 2 is 2.32 bits per heavy atom. The Balaban J connectivity index is 2.29. The second-order valence-corrected chi connectivity index (χ2v) is 5.76. The SMILES string of the molecule is CCC1CCCCN1c1ccc(/C(N)=N/O)cc1Br. The number of benzene rings is 1. The normalized spacial score (nSPS) is 20.6. The monoisotopic (exact) mass is 325 g/mol. The first kappa shape index (κ1) is 14.2. The van der Waals surface area contributed by atoms with Crippen LogP contribution >= 0.6 is 15.9 Å². The molecule has 0 spiro atoms. The van der Waals surface area contributed by atoms with Crippen LogP contribution in [-0.2, 0) is 0 Å². The van der Waals surface area contributed by atoms with E-state index in [9.17, 15) is 0 Å². The molecule has 1 unspecified atom stereocenters.